The second-order valence-corrected chi connectivity index (χ2v) is 13.9. The molecule has 2 aliphatic heterocycles. The van der Waals surface area contributed by atoms with Crippen molar-refractivity contribution in [3.05, 3.63) is 59.7 Å². The number of aliphatic hydroxyl groups excluding tert-OH is 2. The monoisotopic (exact) mass is 612 g/mol. The fourth-order valence-corrected chi connectivity index (χ4v) is 7.11. The topological polar surface area (TPSA) is 83.9 Å². The molecule has 0 aromatic heterocycles. The molecule has 0 amide bonds. The van der Waals surface area contributed by atoms with Gasteiger partial charge in [-0.1, -0.05) is 50.2 Å². The Morgan fingerprint density at radius 3 is 1.34 bits per heavy atom. The van der Waals surface area contributed by atoms with Crippen LogP contribution in [0.1, 0.15) is 77.3 Å². The van der Waals surface area contributed by atoms with Crippen LogP contribution in [0.15, 0.2) is 48.5 Å². The van der Waals surface area contributed by atoms with Gasteiger partial charge in [0, 0.05) is 35.5 Å². The lowest BCUT2D eigenvalue weighted by molar-refractivity contribution is -0.0235. The second-order valence-electron chi connectivity index (χ2n) is 13.9. The average Bonchev–Trinajstić information content (AvgIpc) is 2.97. The van der Waals surface area contributed by atoms with Crippen LogP contribution in [0, 0.1) is 0 Å². The molecule has 0 saturated carbocycles. The average molecular weight is 613 g/mol. The summed E-state index contributed by atoms with van der Waals surface area (Å²) in [6.45, 7) is 17.8. The molecule has 4 atom stereocenters. The van der Waals surface area contributed by atoms with Crippen LogP contribution >= 0.6 is 0 Å². The number of ether oxygens (including phenoxy) is 4. The van der Waals surface area contributed by atoms with Crippen molar-refractivity contribution in [3.63, 3.8) is 0 Å². The summed E-state index contributed by atoms with van der Waals surface area (Å²) in [4.78, 5) is 4.65. The Labute approximate surface area is 265 Å². The zero-order valence-electron chi connectivity index (χ0n) is 27.8. The molecule has 0 fully saturated rings. The van der Waals surface area contributed by atoms with Crippen LogP contribution in [0.4, 0.5) is 11.4 Å². The van der Waals surface area contributed by atoms with Crippen LogP contribution in [0.2, 0.25) is 0 Å². The normalized spacial score (nSPS) is 21.9. The van der Waals surface area contributed by atoms with Gasteiger partial charge in [-0.2, -0.15) is 0 Å². The predicted octanol–water partition coefficient (Wildman–Crippen LogP) is 5.36. The van der Waals surface area contributed by atoms with E-state index in [4.69, 9.17) is 18.9 Å². The smallest absolute Gasteiger partial charge is 0.0948 e. The molecule has 8 heteroatoms. The summed E-state index contributed by atoms with van der Waals surface area (Å²) in [6.07, 6.45) is 0.938. The first-order valence-electron chi connectivity index (χ1n) is 16.4. The van der Waals surface area contributed by atoms with Crippen LogP contribution in [-0.4, -0.2) is 99.4 Å². The fraction of sp³-hybridized carbons (Fsp3) is 0.667. The first-order chi connectivity index (χ1) is 21.0. The number of anilines is 2. The number of hydrogen-bond donors (Lipinski definition) is 2. The van der Waals surface area contributed by atoms with Crippen molar-refractivity contribution in [3.8, 4) is 0 Å². The Kier molecular flexibility index (Phi) is 12.5. The van der Waals surface area contributed by atoms with E-state index in [-0.39, 0.29) is 24.3 Å². The molecule has 0 radical (unpaired) electrons. The zero-order valence-corrected chi connectivity index (χ0v) is 27.8. The van der Waals surface area contributed by atoms with E-state index < -0.39 is 12.2 Å². The van der Waals surface area contributed by atoms with Gasteiger partial charge in [0.2, 0.25) is 0 Å². The van der Waals surface area contributed by atoms with Crippen LogP contribution in [0.3, 0.4) is 0 Å². The molecule has 246 valence electrons. The molecule has 2 heterocycles. The van der Waals surface area contributed by atoms with Crippen molar-refractivity contribution in [2.45, 2.75) is 89.5 Å². The van der Waals surface area contributed by atoms with Gasteiger partial charge in [0.1, 0.15) is 0 Å². The number of β-amino-alcohol motifs (C(OH)–C–C–N with tert-alkyl or cyclic N) is 2. The Bertz CT molecular complexity index is 1070. The van der Waals surface area contributed by atoms with Crippen LogP contribution < -0.4 is 9.80 Å². The summed E-state index contributed by atoms with van der Waals surface area (Å²) in [5, 5.41) is 21.4. The summed E-state index contributed by atoms with van der Waals surface area (Å²) in [5.74, 6) is 0.996. The van der Waals surface area contributed by atoms with Gasteiger partial charge in [-0.3, -0.25) is 0 Å². The maximum Gasteiger partial charge on any atom is 0.0948 e. The standard InChI is InChI=1S/C36H56N2O6/c1-27-21-35(3,4)37(33-13-9-7-11-31(27)33)23-29(39)25-43-19-17-41-15-16-42-18-20-44-26-30(40)24-38-34-14-10-8-12-32(34)28(2)22-36(38,5)6/h7-14,27-30,39-40H,15-26H2,1-6H3. The van der Waals surface area contributed by atoms with Gasteiger partial charge in [0.15, 0.2) is 0 Å². The van der Waals surface area contributed by atoms with E-state index >= 15 is 0 Å². The van der Waals surface area contributed by atoms with E-state index in [0.717, 1.165) is 12.8 Å². The van der Waals surface area contributed by atoms with Gasteiger partial charge >= 0.3 is 0 Å². The Hall–Kier alpha value is -2.20. The molecule has 0 saturated heterocycles. The molecule has 2 aliphatic rings. The highest BCUT2D eigenvalue weighted by molar-refractivity contribution is 5.60. The molecule has 2 N–H and O–H groups in total. The largest absolute Gasteiger partial charge is 0.389 e. The number of aliphatic hydroxyl groups is 2. The SMILES string of the molecule is CC1CC(C)(C)N(CC(O)COCCOCCOCCOCC(O)CN2c3ccccc3C(C)CC2(C)C)c2ccccc21. The van der Waals surface area contributed by atoms with Gasteiger partial charge < -0.3 is 39.0 Å². The first kappa shape index (κ1) is 34.7. The highest BCUT2D eigenvalue weighted by atomic mass is 16.6. The first-order valence-corrected chi connectivity index (χ1v) is 16.4. The number of nitrogens with zero attached hydrogens (tertiary/aromatic N) is 2. The fourth-order valence-electron chi connectivity index (χ4n) is 7.11. The minimum Gasteiger partial charge on any atom is -0.389 e. The minimum absolute atomic E-state index is 0.0289. The van der Waals surface area contributed by atoms with E-state index in [1.807, 2.05) is 0 Å². The molecular weight excluding hydrogens is 556 g/mol. The zero-order chi connectivity index (χ0) is 31.7. The molecule has 4 unspecified atom stereocenters. The highest BCUT2D eigenvalue weighted by Crippen LogP contribution is 2.44. The third-order valence-electron chi connectivity index (χ3n) is 9.11. The lowest BCUT2D eigenvalue weighted by atomic mass is 9.80. The van der Waals surface area contributed by atoms with Gasteiger partial charge in [-0.05, 0) is 75.6 Å². The Morgan fingerprint density at radius 1 is 0.614 bits per heavy atom. The number of hydrogen-bond acceptors (Lipinski definition) is 8. The Morgan fingerprint density at radius 2 is 0.955 bits per heavy atom. The van der Waals surface area contributed by atoms with Crippen molar-refractivity contribution in [2.24, 2.45) is 0 Å². The molecule has 0 bridgehead atoms. The molecular formula is C36H56N2O6. The summed E-state index contributed by atoms with van der Waals surface area (Å²) >= 11 is 0. The number of para-hydroxylation sites is 2. The third-order valence-corrected chi connectivity index (χ3v) is 9.11. The number of benzene rings is 2. The maximum absolute atomic E-state index is 10.7. The predicted molar refractivity (Wildman–Crippen MR) is 177 cm³/mol. The van der Waals surface area contributed by atoms with Gasteiger partial charge in [-0.25, -0.2) is 0 Å². The van der Waals surface area contributed by atoms with Crippen molar-refractivity contribution in [1.82, 2.24) is 0 Å². The molecule has 4 rings (SSSR count). The molecule has 2 aromatic carbocycles. The van der Waals surface area contributed by atoms with E-state index in [9.17, 15) is 10.2 Å². The van der Waals surface area contributed by atoms with E-state index in [2.05, 4.69) is 99.9 Å². The van der Waals surface area contributed by atoms with E-state index in [1.165, 1.54) is 22.5 Å². The number of rotatable bonds is 17. The Balaban J connectivity index is 1.02. The second kappa shape index (κ2) is 15.9. The summed E-state index contributed by atoms with van der Waals surface area (Å²) in [5.41, 5.74) is 5.05. The molecule has 8 nitrogen and oxygen atoms in total. The van der Waals surface area contributed by atoms with Gasteiger partial charge in [0.25, 0.3) is 0 Å². The lowest BCUT2D eigenvalue weighted by Gasteiger charge is -2.48. The third kappa shape index (κ3) is 9.18. The van der Waals surface area contributed by atoms with Crippen LogP contribution in [0.5, 0.6) is 0 Å². The highest BCUT2D eigenvalue weighted by Gasteiger charge is 2.38. The molecule has 2 aromatic rings. The molecule has 0 spiro atoms. The van der Waals surface area contributed by atoms with Crippen molar-refractivity contribution >= 4 is 11.4 Å². The summed E-state index contributed by atoms with van der Waals surface area (Å²) in [6, 6.07) is 17.0. The summed E-state index contributed by atoms with van der Waals surface area (Å²) in [7, 11) is 0. The molecule has 0 aliphatic carbocycles. The number of fused-ring (bicyclic) bond motifs is 2. The van der Waals surface area contributed by atoms with Gasteiger partial charge in [0.05, 0.1) is 65.1 Å². The quantitative estimate of drug-likeness (QED) is 0.231. The maximum atomic E-state index is 10.7. The molecule has 44 heavy (non-hydrogen) atoms. The van der Waals surface area contributed by atoms with Gasteiger partial charge in [-0.15, -0.1) is 0 Å². The van der Waals surface area contributed by atoms with Crippen molar-refractivity contribution in [1.29, 1.82) is 0 Å². The van der Waals surface area contributed by atoms with E-state index in [0.29, 0.717) is 64.6 Å². The minimum atomic E-state index is -0.580. The lowest BCUT2D eigenvalue weighted by Crippen LogP contribution is -2.52. The van der Waals surface area contributed by atoms with E-state index in [1.54, 1.807) is 0 Å². The van der Waals surface area contributed by atoms with Crippen LogP contribution in [-0.2, 0) is 18.9 Å². The van der Waals surface area contributed by atoms with Crippen molar-refractivity contribution in [2.75, 3.05) is 75.7 Å². The summed E-state index contributed by atoms with van der Waals surface area (Å²) < 4.78 is 22.6. The van der Waals surface area contributed by atoms with Crippen molar-refractivity contribution < 1.29 is 29.2 Å². The van der Waals surface area contributed by atoms with Crippen LogP contribution in [0.25, 0.3) is 0 Å².